The van der Waals surface area contributed by atoms with E-state index in [0.717, 1.165) is 6.07 Å². The monoisotopic (exact) mass is 227 g/mol. The molecule has 3 N–H and O–H groups in total. The van der Waals surface area contributed by atoms with Gasteiger partial charge in [0.25, 0.3) is 0 Å². The summed E-state index contributed by atoms with van der Waals surface area (Å²) in [6.07, 6.45) is 0.815. The van der Waals surface area contributed by atoms with Crippen LogP contribution in [0.15, 0.2) is 6.07 Å². The van der Waals surface area contributed by atoms with Crippen LogP contribution in [0.2, 0.25) is 0 Å². The fraction of sp³-hybridized carbons (Fsp3) is 0.400. The molecule has 0 bridgehead atoms. The third-order valence-electron chi connectivity index (χ3n) is 1.88. The predicted molar refractivity (Wildman–Crippen MR) is 54.3 cm³/mol. The average Bonchev–Trinajstić information content (AvgIpc) is 2.44. The van der Waals surface area contributed by atoms with Crippen molar-refractivity contribution in [3.05, 3.63) is 6.07 Å². The van der Waals surface area contributed by atoms with E-state index in [1.165, 1.54) is 6.92 Å². The van der Waals surface area contributed by atoms with Gasteiger partial charge in [0.05, 0.1) is 0 Å². The number of carbonyl (C=O) groups is 2. The van der Waals surface area contributed by atoms with Gasteiger partial charge >= 0.3 is 5.97 Å². The van der Waals surface area contributed by atoms with Gasteiger partial charge in [-0.2, -0.15) is 0 Å². The summed E-state index contributed by atoms with van der Waals surface area (Å²) in [6, 6.07) is 1.10. The number of esters is 1. The van der Waals surface area contributed by atoms with Crippen LogP contribution in [-0.4, -0.2) is 26.9 Å². The Morgan fingerprint density at radius 2 is 2.06 bits per heavy atom. The van der Waals surface area contributed by atoms with E-state index in [-0.39, 0.29) is 23.8 Å². The Bertz CT molecular complexity index is 396. The fourth-order valence-corrected chi connectivity index (χ4v) is 1.14. The molecule has 0 fully saturated rings. The van der Waals surface area contributed by atoms with Crippen LogP contribution in [0.3, 0.4) is 0 Å². The summed E-state index contributed by atoms with van der Waals surface area (Å²) in [5.41, 5.74) is 0. The molecule has 0 aliphatic heterocycles. The number of rotatable bonds is 5. The molecule has 1 aromatic heterocycles. The molecule has 1 heterocycles. The Kier molecular flexibility index (Phi) is 3.93. The molecule has 0 spiro atoms. The standard InChI is InChI=1S/C10H13NO5/c1-6(12)3-2-4-9(14)16-7-5-8(13)11-10(7)15/h5,11,13,15H,2-4H2,1H3. The second-order valence-electron chi connectivity index (χ2n) is 3.40. The van der Waals surface area contributed by atoms with Crippen molar-refractivity contribution in [3.8, 4) is 17.5 Å². The van der Waals surface area contributed by atoms with Crippen LogP contribution < -0.4 is 4.74 Å². The molecule has 0 saturated carbocycles. The number of hydrogen-bond acceptors (Lipinski definition) is 5. The number of H-pyrrole nitrogens is 1. The first-order valence-electron chi connectivity index (χ1n) is 4.80. The molecule has 0 aliphatic carbocycles. The Balaban J connectivity index is 2.40. The Morgan fingerprint density at radius 1 is 1.38 bits per heavy atom. The largest absolute Gasteiger partial charge is 0.494 e. The third kappa shape index (κ3) is 3.64. The summed E-state index contributed by atoms with van der Waals surface area (Å²) in [7, 11) is 0. The van der Waals surface area contributed by atoms with Crippen LogP contribution in [0.5, 0.6) is 17.5 Å². The second-order valence-corrected chi connectivity index (χ2v) is 3.40. The molecule has 1 rings (SSSR count). The Morgan fingerprint density at radius 3 is 2.56 bits per heavy atom. The lowest BCUT2D eigenvalue weighted by atomic mass is 10.2. The van der Waals surface area contributed by atoms with Gasteiger partial charge in [-0.05, 0) is 13.3 Å². The second kappa shape index (κ2) is 5.20. The van der Waals surface area contributed by atoms with Crippen molar-refractivity contribution in [3.63, 3.8) is 0 Å². The van der Waals surface area contributed by atoms with Gasteiger partial charge in [-0.1, -0.05) is 0 Å². The molecule has 0 aliphatic rings. The first kappa shape index (κ1) is 12.1. The summed E-state index contributed by atoms with van der Waals surface area (Å²) in [5.74, 6) is -1.36. The van der Waals surface area contributed by atoms with Crippen molar-refractivity contribution in [1.29, 1.82) is 0 Å². The van der Waals surface area contributed by atoms with Crippen molar-refractivity contribution in [2.75, 3.05) is 0 Å². The molecule has 6 nitrogen and oxygen atoms in total. The normalized spacial score (nSPS) is 10.1. The molecule has 88 valence electrons. The molecule has 0 atom stereocenters. The minimum atomic E-state index is -0.560. The zero-order valence-electron chi connectivity index (χ0n) is 8.82. The van der Waals surface area contributed by atoms with Crippen molar-refractivity contribution >= 4 is 11.8 Å². The van der Waals surface area contributed by atoms with E-state index in [9.17, 15) is 9.59 Å². The molecule has 0 aromatic carbocycles. The first-order chi connectivity index (χ1) is 7.49. The number of aromatic amines is 1. The van der Waals surface area contributed by atoms with Crippen molar-refractivity contribution in [1.82, 2.24) is 4.98 Å². The highest BCUT2D eigenvalue weighted by atomic mass is 16.5. The summed E-state index contributed by atoms with van der Waals surface area (Å²) in [5, 5.41) is 18.1. The SMILES string of the molecule is CC(=O)CCCC(=O)Oc1cc(O)[nH]c1O. The van der Waals surface area contributed by atoms with Gasteiger partial charge in [0.2, 0.25) is 5.88 Å². The topological polar surface area (TPSA) is 99.6 Å². The zero-order valence-corrected chi connectivity index (χ0v) is 8.82. The van der Waals surface area contributed by atoms with Gasteiger partial charge in [0.15, 0.2) is 11.6 Å². The van der Waals surface area contributed by atoms with Crippen molar-refractivity contribution < 1.29 is 24.5 Å². The molecule has 6 heteroatoms. The lowest BCUT2D eigenvalue weighted by Gasteiger charge is -2.01. The summed E-state index contributed by atoms with van der Waals surface area (Å²) in [4.78, 5) is 24.0. The van der Waals surface area contributed by atoms with Gasteiger partial charge in [-0.15, -0.1) is 0 Å². The molecule has 0 unspecified atom stereocenters. The van der Waals surface area contributed by atoms with Gasteiger partial charge in [0, 0.05) is 18.9 Å². The van der Waals surface area contributed by atoms with Crippen molar-refractivity contribution in [2.45, 2.75) is 26.2 Å². The lowest BCUT2D eigenvalue weighted by Crippen LogP contribution is -2.07. The summed E-state index contributed by atoms with van der Waals surface area (Å²) >= 11 is 0. The van der Waals surface area contributed by atoms with Gasteiger partial charge in [-0.25, -0.2) is 0 Å². The number of hydrogen-bond donors (Lipinski definition) is 3. The number of Topliss-reactive ketones (excluding diaryl/α,β-unsaturated/α-hetero) is 1. The lowest BCUT2D eigenvalue weighted by molar-refractivity contribution is -0.134. The maximum atomic E-state index is 11.2. The van der Waals surface area contributed by atoms with E-state index >= 15 is 0 Å². The maximum Gasteiger partial charge on any atom is 0.311 e. The minimum Gasteiger partial charge on any atom is -0.494 e. The Hall–Kier alpha value is -1.98. The molecular weight excluding hydrogens is 214 g/mol. The molecule has 0 amide bonds. The van der Waals surface area contributed by atoms with Crippen LogP contribution in [0.25, 0.3) is 0 Å². The van der Waals surface area contributed by atoms with Crippen LogP contribution in [0.1, 0.15) is 26.2 Å². The number of aromatic nitrogens is 1. The van der Waals surface area contributed by atoms with E-state index in [2.05, 4.69) is 4.98 Å². The van der Waals surface area contributed by atoms with E-state index in [1.807, 2.05) is 0 Å². The van der Waals surface area contributed by atoms with Gasteiger partial charge < -0.3 is 19.7 Å². The Labute approximate surface area is 91.9 Å². The zero-order chi connectivity index (χ0) is 12.1. The average molecular weight is 227 g/mol. The van der Waals surface area contributed by atoms with Crippen LogP contribution in [-0.2, 0) is 9.59 Å². The quantitative estimate of drug-likeness (QED) is 0.654. The fourth-order valence-electron chi connectivity index (χ4n) is 1.14. The van der Waals surface area contributed by atoms with E-state index in [4.69, 9.17) is 14.9 Å². The van der Waals surface area contributed by atoms with E-state index in [1.54, 1.807) is 0 Å². The maximum absolute atomic E-state index is 11.2. The molecule has 0 saturated heterocycles. The number of aromatic hydroxyl groups is 2. The highest BCUT2D eigenvalue weighted by molar-refractivity contribution is 5.77. The third-order valence-corrected chi connectivity index (χ3v) is 1.88. The van der Waals surface area contributed by atoms with Crippen LogP contribution in [0, 0.1) is 0 Å². The highest BCUT2D eigenvalue weighted by Crippen LogP contribution is 2.29. The highest BCUT2D eigenvalue weighted by Gasteiger charge is 2.12. The van der Waals surface area contributed by atoms with Crippen LogP contribution in [0.4, 0.5) is 0 Å². The number of nitrogens with one attached hydrogen (secondary N) is 1. The summed E-state index contributed by atoms with van der Waals surface area (Å²) in [6.45, 7) is 1.45. The molecular formula is C10H13NO5. The molecule has 16 heavy (non-hydrogen) atoms. The number of carbonyl (C=O) groups excluding carboxylic acids is 2. The van der Waals surface area contributed by atoms with E-state index < -0.39 is 11.8 Å². The number of ketones is 1. The summed E-state index contributed by atoms with van der Waals surface area (Å²) < 4.78 is 4.76. The molecule has 1 aromatic rings. The minimum absolute atomic E-state index is 0.00920. The number of ether oxygens (including phenoxy) is 1. The van der Waals surface area contributed by atoms with Crippen LogP contribution >= 0.6 is 0 Å². The van der Waals surface area contributed by atoms with Gasteiger partial charge in [0.1, 0.15) is 5.78 Å². The smallest absolute Gasteiger partial charge is 0.311 e. The molecule has 0 radical (unpaired) electrons. The predicted octanol–water partition coefficient (Wildman–Crippen LogP) is 1.09. The first-order valence-corrected chi connectivity index (χ1v) is 4.80. The van der Waals surface area contributed by atoms with Gasteiger partial charge in [-0.3, -0.25) is 9.78 Å². The van der Waals surface area contributed by atoms with Crippen molar-refractivity contribution in [2.24, 2.45) is 0 Å². The van der Waals surface area contributed by atoms with E-state index in [0.29, 0.717) is 12.8 Å².